The van der Waals surface area contributed by atoms with Crippen LogP contribution in [0.5, 0.6) is 0 Å². The second-order valence-electron chi connectivity index (χ2n) is 10.4. The number of fused-ring (bicyclic) bond motifs is 1. The molecule has 0 radical (unpaired) electrons. The smallest absolute Gasteiger partial charge is 0.256 e. The summed E-state index contributed by atoms with van der Waals surface area (Å²) in [6.07, 6.45) is 3.06. The lowest BCUT2D eigenvalue weighted by Crippen LogP contribution is -2.35. The van der Waals surface area contributed by atoms with Crippen molar-refractivity contribution >= 4 is 45.6 Å². The van der Waals surface area contributed by atoms with Crippen LogP contribution in [0.15, 0.2) is 103 Å². The standard InChI is InChI=1S/C34H30N4O4/c39-28-17-20-38(21-18-28)27-14-8-24(9-15-27)33(41)36-25-10-4-22(5-11-25)32(40)23-6-12-26(13-7-23)37-34(42)30-2-1-3-31-29(30)16-19-35-31/h1-16,19,28,35,39H,17-18,20-21H2,(H,36,41)(H,37,42). The lowest BCUT2D eigenvalue weighted by atomic mass is 10.0. The number of aromatic nitrogens is 1. The minimum atomic E-state index is -0.236. The number of hydrogen-bond acceptors (Lipinski definition) is 5. The monoisotopic (exact) mass is 558 g/mol. The van der Waals surface area contributed by atoms with Crippen LogP contribution in [0.1, 0.15) is 49.5 Å². The molecule has 1 aromatic heterocycles. The molecule has 6 rings (SSSR count). The number of aliphatic hydroxyl groups excluding tert-OH is 1. The van der Waals surface area contributed by atoms with Gasteiger partial charge in [0.2, 0.25) is 0 Å². The van der Waals surface area contributed by atoms with Crippen LogP contribution in [0, 0.1) is 0 Å². The summed E-state index contributed by atoms with van der Waals surface area (Å²) in [6, 6.07) is 28.3. The molecule has 42 heavy (non-hydrogen) atoms. The van der Waals surface area contributed by atoms with Gasteiger partial charge in [0.1, 0.15) is 0 Å². The Kier molecular flexibility index (Phi) is 7.53. The van der Waals surface area contributed by atoms with E-state index in [4.69, 9.17) is 0 Å². The van der Waals surface area contributed by atoms with Crippen LogP contribution in [-0.2, 0) is 0 Å². The van der Waals surface area contributed by atoms with Gasteiger partial charge in [0.25, 0.3) is 11.8 Å². The Bertz CT molecular complexity index is 1730. The molecule has 5 aromatic rings. The molecule has 1 aliphatic heterocycles. The Hall–Kier alpha value is -5.21. The van der Waals surface area contributed by atoms with Crippen molar-refractivity contribution in [1.82, 2.24) is 4.98 Å². The largest absolute Gasteiger partial charge is 0.393 e. The highest BCUT2D eigenvalue weighted by Gasteiger charge is 2.18. The highest BCUT2D eigenvalue weighted by molar-refractivity contribution is 6.13. The number of piperidine rings is 1. The van der Waals surface area contributed by atoms with Crippen molar-refractivity contribution in [1.29, 1.82) is 0 Å². The van der Waals surface area contributed by atoms with Crippen LogP contribution in [0.25, 0.3) is 10.9 Å². The van der Waals surface area contributed by atoms with Gasteiger partial charge in [-0.05, 0) is 104 Å². The van der Waals surface area contributed by atoms with Crippen molar-refractivity contribution in [2.24, 2.45) is 0 Å². The van der Waals surface area contributed by atoms with E-state index in [9.17, 15) is 19.5 Å². The molecule has 0 spiro atoms. The molecular weight excluding hydrogens is 528 g/mol. The van der Waals surface area contributed by atoms with Gasteiger partial charge < -0.3 is 25.6 Å². The molecule has 0 aliphatic carbocycles. The number of aliphatic hydroxyl groups is 1. The predicted molar refractivity (Wildman–Crippen MR) is 164 cm³/mol. The summed E-state index contributed by atoms with van der Waals surface area (Å²) in [6.45, 7) is 1.59. The van der Waals surface area contributed by atoms with E-state index < -0.39 is 0 Å². The third kappa shape index (κ3) is 5.80. The van der Waals surface area contributed by atoms with Crippen molar-refractivity contribution in [3.63, 3.8) is 0 Å². The van der Waals surface area contributed by atoms with Crippen molar-refractivity contribution in [2.45, 2.75) is 18.9 Å². The van der Waals surface area contributed by atoms with E-state index in [1.807, 2.05) is 30.3 Å². The Morgan fingerprint density at radius 1 is 0.690 bits per heavy atom. The lowest BCUT2D eigenvalue weighted by Gasteiger charge is -2.31. The number of H-pyrrole nitrogens is 1. The summed E-state index contributed by atoms with van der Waals surface area (Å²) in [4.78, 5) is 44.0. The van der Waals surface area contributed by atoms with Crippen molar-refractivity contribution in [3.05, 3.63) is 126 Å². The third-order valence-electron chi connectivity index (χ3n) is 7.61. The maximum Gasteiger partial charge on any atom is 0.256 e. The average molecular weight is 559 g/mol. The first-order valence-corrected chi connectivity index (χ1v) is 13.9. The number of rotatable bonds is 7. The zero-order chi connectivity index (χ0) is 29.1. The fraction of sp³-hybridized carbons (Fsp3) is 0.147. The van der Waals surface area contributed by atoms with Crippen molar-refractivity contribution in [2.75, 3.05) is 28.6 Å². The minimum Gasteiger partial charge on any atom is -0.393 e. The molecule has 4 N–H and O–H groups in total. The van der Waals surface area contributed by atoms with Crippen LogP contribution in [0.2, 0.25) is 0 Å². The second-order valence-corrected chi connectivity index (χ2v) is 10.4. The highest BCUT2D eigenvalue weighted by Crippen LogP contribution is 2.23. The van der Waals surface area contributed by atoms with Gasteiger partial charge >= 0.3 is 0 Å². The SMILES string of the molecule is O=C(Nc1ccc(C(=O)c2ccc(NC(=O)c3cccc4[nH]ccc34)cc2)cc1)c1ccc(N2CCC(O)CC2)cc1. The van der Waals surface area contributed by atoms with E-state index in [0.717, 1.165) is 42.5 Å². The number of ketones is 1. The fourth-order valence-corrected chi connectivity index (χ4v) is 5.21. The molecule has 2 heterocycles. The quantitative estimate of drug-likeness (QED) is 0.187. The molecule has 1 aliphatic rings. The van der Waals surface area contributed by atoms with E-state index >= 15 is 0 Å². The van der Waals surface area contributed by atoms with Crippen molar-refractivity contribution < 1.29 is 19.5 Å². The number of amides is 2. The Labute approximate surface area is 243 Å². The first-order chi connectivity index (χ1) is 20.4. The highest BCUT2D eigenvalue weighted by atomic mass is 16.3. The van der Waals surface area contributed by atoms with E-state index in [0.29, 0.717) is 33.6 Å². The van der Waals surface area contributed by atoms with E-state index in [1.165, 1.54) is 0 Å². The number of carbonyl (C=O) groups is 3. The molecule has 8 nitrogen and oxygen atoms in total. The molecule has 0 bridgehead atoms. The minimum absolute atomic E-state index is 0.163. The van der Waals surface area contributed by atoms with E-state index in [-0.39, 0.29) is 23.7 Å². The van der Waals surface area contributed by atoms with Gasteiger partial charge in [-0.15, -0.1) is 0 Å². The first-order valence-electron chi connectivity index (χ1n) is 13.9. The van der Waals surface area contributed by atoms with Gasteiger partial charge in [0.15, 0.2) is 5.78 Å². The first kappa shape index (κ1) is 27.0. The number of aromatic amines is 1. The Morgan fingerprint density at radius 3 is 1.88 bits per heavy atom. The summed E-state index contributed by atoms with van der Waals surface area (Å²) in [5.41, 5.74) is 5.17. The predicted octanol–water partition coefficient (Wildman–Crippen LogP) is 5.86. The number of carbonyl (C=O) groups excluding carboxylic acids is 3. The fourth-order valence-electron chi connectivity index (χ4n) is 5.21. The molecule has 0 unspecified atom stereocenters. The number of hydrogen-bond donors (Lipinski definition) is 4. The zero-order valence-corrected chi connectivity index (χ0v) is 22.8. The number of anilines is 3. The maximum atomic E-state index is 13.1. The summed E-state index contributed by atoms with van der Waals surface area (Å²) in [7, 11) is 0. The van der Waals surface area contributed by atoms with Crippen LogP contribution in [0.4, 0.5) is 17.1 Å². The molecule has 0 atom stereocenters. The van der Waals surface area contributed by atoms with E-state index in [2.05, 4.69) is 20.5 Å². The summed E-state index contributed by atoms with van der Waals surface area (Å²) >= 11 is 0. The van der Waals surface area contributed by atoms with Crippen LogP contribution < -0.4 is 15.5 Å². The third-order valence-corrected chi connectivity index (χ3v) is 7.61. The topological polar surface area (TPSA) is 115 Å². The van der Waals surface area contributed by atoms with Gasteiger partial charge in [-0.1, -0.05) is 6.07 Å². The molecule has 1 saturated heterocycles. The number of nitrogens with one attached hydrogen (secondary N) is 3. The molecule has 4 aromatic carbocycles. The molecule has 2 amide bonds. The van der Waals surface area contributed by atoms with Crippen LogP contribution in [-0.4, -0.2) is 46.9 Å². The molecule has 0 saturated carbocycles. The average Bonchev–Trinajstić information content (AvgIpc) is 3.51. The second kappa shape index (κ2) is 11.7. The summed E-state index contributed by atoms with van der Waals surface area (Å²) in [5, 5.41) is 16.3. The van der Waals surface area contributed by atoms with Crippen molar-refractivity contribution in [3.8, 4) is 0 Å². The summed E-state index contributed by atoms with van der Waals surface area (Å²) < 4.78 is 0. The number of benzene rings is 4. The van der Waals surface area contributed by atoms with Gasteiger partial charge in [-0.3, -0.25) is 14.4 Å². The normalized spacial score (nSPS) is 13.6. The molecule has 210 valence electrons. The maximum absolute atomic E-state index is 13.1. The number of nitrogens with zero attached hydrogens (tertiary/aromatic N) is 1. The summed E-state index contributed by atoms with van der Waals surface area (Å²) in [5.74, 6) is -0.626. The van der Waals surface area contributed by atoms with Gasteiger partial charge in [-0.2, -0.15) is 0 Å². The molecular formula is C34H30N4O4. The lowest BCUT2D eigenvalue weighted by molar-refractivity contribution is 0.101. The van der Waals surface area contributed by atoms with Crippen LogP contribution in [0.3, 0.4) is 0 Å². The molecule has 8 heteroatoms. The van der Waals surface area contributed by atoms with Gasteiger partial charge in [-0.25, -0.2) is 0 Å². The Balaban J connectivity index is 1.05. The molecule has 1 fully saturated rings. The van der Waals surface area contributed by atoms with Crippen LogP contribution >= 0.6 is 0 Å². The zero-order valence-electron chi connectivity index (χ0n) is 22.8. The Morgan fingerprint density at radius 2 is 1.26 bits per heavy atom. The van der Waals surface area contributed by atoms with Gasteiger partial charge in [0, 0.05) is 69.5 Å². The van der Waals surface area contributed by atoms with E-state index in [1.54, 1.807) is 72.9 Å². The van der Waals surface area contributed by atoms with Gasteiger partial charge in [0.05, 0.1) is 6.10 Å².